The first kappa shape index (κ1) is 13.1. The predicted molar refractivity (Wildman–Crippen MR) is 57.9 cm³/mol. The Bertz CT molecular complexity index is 214. The second kappa shape index (κ2) is 5.78. The van der Waals surface area contributed by atoms with Crippen LogP contribution < -0.4 is 0 Å². The zero-order valence-electron chi connectivity index (χ0n) is 9.96. The van der Waals surface area contributed by atoms with Crippen LogP contribution in [-0.4, -0.2) is 35.4 Å². The number of rotatable bonds is 4. The summed E-state index contributed by atoms with van der Waals surface area (Å²) < 4.78 is 7.18. The first-order chi connectivity index (χ1) is 6.39. The summed E-state index contributed by atoms with van der Waals surface area (Å²) in [7, 11) is 0. The smallest absolute Gasteiger partial charge is 0.372 e. The lowest BCUT2D eigenvalue weighted by Gasteiger charge is -2.18. The minimum Gasteiger partial charge on any atom is -0.455 e. The largest absolute Gasteiger partial charge is 0.455 e. The van der Waals surface area contributed by atoms with Gasteiger partial charge < -0.3 is 4.74 Å². The van der Waals surface area contributed by atoms with Crippen molar-refractivity contribution >= 4 is 12.2 Å². The molecule has 0 saturated heterocycles. The fourth-order valence-electron chi connectivity index (χ4n) is 1.10. The highest BCUT2D eigenvalue weighted by molar-refractivity contribution is 5.71. The molecular weight excluding hydrogens is 178 g/mol. The molecular formula is C11H22NO2+. The summed E-state index contributed by atoms with van der Waals surface area (Å²) in [5, 5.41) is 0. The molecule has 0 heterocycles. The first-order valence-electron chi connectivity index (χ1n) is 5.18. The van der Waals surface area contributed by atoms with E-state index in [4.69, 9.17) is 4.74 Å². The summed E-state index contributed by atoms with van der Waals surface area (Å²) in [4.78, 5) is 11.4. The highest BCUT2D eigenvalue weighted by Gasteiger charge is 2.19. The van der Waals surface area contributed by atoms with Crippen molar-refractivity contribution in [2.24, 2.45) is 0 Å². The molecule has 0 aromatic carbocycles. The number of carbonyl (C=O) groups excluding carboxylic acids is 1. The van der Waals surface area contributed by atoms with Crippen LogP contribution >= 0.6 is 0 Å². The number of hydrogen-bond acceptors (Lipinski definition) is 2. The van der Waals surface area contributed by atoms with Crippen LogP contribution in [0.25, 0.3) is 0 Å². The molecule has 0 aromatic heterocycles. The van der Waals surface area contributed by atoms with Gasteiger partial charge in [0, 0.05) is 6.42 Å². The summed E-state index contributed by atoms with van der Waals surface area (Å²) in [6, 6.07) is 0. The Balaban J connectivity index is 4.11. The highest BCUT2D eigenvalue weighted by atomic mass is 16.6. The van der Waals surface area contributed by atoms with Crippen molar-refractivity contribution in [1.29, 1.82) is 0 Å². The quantitative estimate of drug-likeness (QED) is 0.394. The molecule has 0 N–H and O–H groups in total. The van der Waals surface area contributed by atoms with Gasteiger partial charge in [-0.1, -0.05) is 6.92 Å². The van der Waals surface area contributed by atoms with Gasteiger partial charge in [-0.15, -0.1) is 0 Å². The average Bonchev–Trinajstić information content (AvgIpc) is 2.00. The van der Waals surface area contributed by atoms with Crippen LogP contribution in [0.4, 0.5) is 0 Å². The lowest BCUT2D eigenvalue weighted by molar-refractivity contribution is -0.511. The Hall–Kier alpha value is -0.860. The third-order valence-electron chi connectivity index (χ3n) is 1.60. The Kier molecular flexibility index (Phi) is 5.43. The highest BCUT2D eigenvalue weighted by Crippen LogP contribution is 2.06. The van der Waals surface area contributed by atoms with Gasteiger partial charge in [0.2, 0.25) is 6.54 Å². The van der Waals surface area contributed by atoms with Gasteiger partial charge in [0.25, 0.3) is 0 Å². The van der Waals surface area contributed by atoms with Crippen LogP contribution in [0.2, 0.25) is 0 Å². The van der Waals surface area contributed by atoms with E-state index in [0.717, 1.165) is 13.0 Å². The van der Waals surface area contributed by atoms with Gasteiger partial charge in [-0.25, -0.2) is 9.37 Å². The van der Waals surface area contributed by atoms with Crippen LogP contribution in [0.15, 0.2) is 0 Å². The van der Waals surface area contributed by atoms with Gasteiger partial charge in [0.1, 0.15) is 18.4 Å². The molecule has 0 saturated carbocycles. The molecule has 0 radical (unpaired) electrons. The van der Waals surface area contributed by atoms with E-state index in [1.165, 1.54) is 0 Å². The molecule has 82 valence electrons. The maximum atomic E-state index is 11.4. The molecule has 0 aromatic rings. The fraction of sp³-hybridized carbons (Fsp3) is 0.818. The summed E-state index contributed by atoms with van der Waals surface area (Å²) in [5.41, 5.74) is -0.386. The average molecular weight is 200 g/mol. The summed E-state index contributed by atoms with van der Waals surface area (Å²) in [6.45, 7) is 10.9. The molecule has 0 bridgehead atoms. The van der Waals surface area contributed by atoms with Crippen molar-refractivity contribution in [3.63, 3.8) is 0 Å². The van der Waals surface area contributed by atoms with Gasteiger partial charge in [-0.2, -0.15) is 0 Å². The molecule has 0 unspecified atom stereocenters. The molecule has 3 nitrogen and oxygen atoms in total. The number of esters is 1. The third-order valence-corrected chi connectivity index (χ3v) is 1.60. The van der Waals surface area contributed by atoms with Crippen LogP contribution in [0.1, 0.15) is 41.0 Å². The van der Waals surface area contributed by atoms with Crippen molar-refractivity contribution in [1.82, 2.24) is 0 Å². The number of carbonyl (C=O) groups is 1. The molecule has 3 heteroatoms. The second-order valence-corrected chi connectivity index (χ2v) is 4.24. The zero-order valence-corrected chi connectivity index (χ0v) is 9.96. The molecule has 0 aliphatic carbocycles. The molecule has 14 heavy (non-hydrogen) atoms. The van der Waals surface area contributed by atoms with E-state index in [0.29, 0.717) is 6.54 Å². The van der Waals surface area contributed by atoms with E-state index >= 15 is 0 Å². The number of likely N-dealkylation sites (N-methyl/N-ethyl adjacent to an activating group) is 1. The van der Waals surface area contributed by atoms with E-state index in [9.17, 15) is 4.79 Å². The van der Waals surface area contributed by atoms with Crippen LogP contribution in [0.3, 0.4) is 0 Å². The topological polar surface area (TPSA) is 29.3 Å². The van der Waals surface area contributed by atoms with Crippen LogP contribution in [0, 0.1) is 0 Å². The third kappa shape index (κ3) is 6.63. The fourth-order valence-corrected chi connectivity index (χ4v) is 1.10. The molecule has 0 fully saturated rings. The summed E-state index contributed by atoms with van der Waals surface area (Å²) in [5.74, 6) is -0.163. The van der Waals surface area contributed by atoms with E-state index < -0.39 is 0 Å². The van der Waals surface area contributed by atoms with E-state index in [2.05, 4.69) is 6.92 Å². The van der Waals surface area contributed by atoms with E-state index in [1.807, 2.05) is 38.5 Å². The Morgan fingerprint density at radius 1 is 1.36 bits per heavy atom. The van der Waals surface area contributed by atoms with Crippen molar-refractivity contribution < 1.29 is 14.1 Å². The van der Waals surface area contributed by atoms with Crippen molar-refractivity contribution in [2.75, 3.05) is 13.1 Å². The van der Waals surface area contributed by atoms with Gasteiger partial charge in [-0.3, -0.25) is 0 Å². The van der Waals surface area contributed by atoms with Gasteiger partial charge in [0.05, 0.1) is 0 Å². The number of ether oxygens (including phenoxy) is 1. The van der Waals surface area contributed by atoms with Crippen molar-refractivity contribution in [3.05, 3.63) is 0 Å². The lowest BCUT2D eigenvalue weighted by Crippen LogP contribution is -2.30. The second-order valence-electron chi connectivity index (χ2n) is 4.24. The van der Waals surface area contributed by atoms with E-state index in [-0.39, 0.29) is 11.6 Å². The van der Waals surface area contributed by atoms with Crippen LogP contribution in [0.5, 0.6) is 0 Å². The van der Waals surface area contributed by atoms with E-state index in [1.54, 1.807) is 0 Å². The molecule has 0 rings (SSSR count). The summed E-state index contributed by atoms with van der Waals surface area (Å²) >= 11 is 0. The maximum absolute atomic E-state index is 11.4. The molecule has 0 aliphatic rings. The Labute approximate surface area is 86.8 Å². The van der Waals surface area contributed by atoms with Gasteiger partial charge >= 0.3 is 5.97 Å². The van der Waals surface area contributed by atoms with Gasteiger partial charge in [-0.05, 0) is 27.7 Å². The number of hydrogen-bond donors (Lipinski definition) is 0. The maximum Gasteiger partial charge on any atom is 0.372 e. The monoisotopic (exact) mass is 200 g/mol. The molecule has 0 atom stereocenters. The predicted octanol–water partition coefficient (Wildman–Crippen LogP) is 1.84. The van der Waals surface area contributed by atoms with Crippen molar-refractivity contribution in [2.45, 2.75) is 46.6 Å². The SMILES string of the molecule is CCC=[N+](CC)CC(=O)OC(C)(C)C. The Morgan fingerprint density at radius 2 is 1.93 bits per heavy atom. The number of nitrogens with zero attached hydrogens (tertiary/aromatic N) is 1. The lowest BCUT2D eigenvalue weighted by atomic mass is 10.2. The molecule has 0 amide bonds. The standard InChI is InChI=1S/C11H22NO2/c1-6-8-12(7-2)9-10(13)14-11(3,4)5/h8H,6-7,9H2,1-5H3/q+1. The summed E-state index contributed by atoms with van der Waals surface area (Å²) in [6.07, 6.45) is 2.96. The molecule has 0 spiro atoms. The zero-order chi connectivity index (χ0) is 11.2. The normalized spacial score (nSPS) is 12.8. The van der Waals surface area contributed by atoms with Gasteiger partial charge in [0.15, 0.2) is 0 Å². The minimum atomic E-state index is -0.386. The first-order valence-corrected chi connectivity index (χ1v) is 5.18. The molecule has 0 aliphatic heterocycles. The van der Waals surface area contributed by atoms with Crippen LogP contribution in [-0.2, 0) is 9.53 Å². The minimum absolute atomic E-state index is 0.163. The Morgan fingerprint density at radius 3 is 2.29 bits per heavy atom. The van der Waals surface area contributed by atoms with Crippen molar-refractivity contribution in [3.8, 4) is 0 Å².